The van der Waals surface area contributed by atoms with Gasteiger partial charge in [0.25, 0.3) is 5.91 Å². The summed E-state index contributed by atoms with van der Waals surface area (Å²) in [5, 5.41) is 12.0. The number of nitrogens with zero attached hydrogens (tertiary/aromatic N) is 3. The molecule has 2 heterocycles. The fraction of sp³-hybridized carbons (Fsp3) is 0.481. The Labute approximate surface area is 238 Å². The number of carbonyl (C=O) groups excluding carboxylic acids is 1. The Balaban J connectivity index is 1.42. The van der Waals surface area contributed by atoms with Gasteiger partial charge in [0.15, 0.2) is 11.6 Å². The number of ether oxygens (including phenoxy) is 1. The van der Waals surface area contributed by atoms with E-state index in [2.05, 4.69) is 5.32 Å². The minimum absolute atomic E-state index is 0.0143. The Hall–Kier alpha value is -3.00. The number of carboxylic acids is 1. The van der Waals surface area contributed by atoms with Gasteiger partial charge in [0.1, 0.15) is 0 Å². The number of nitrogens with one attached hydrogen (secondary N) is 1. The average molecular weight is 605 g/mol. The van der Waals surface area contributed by atoms with E-state index >= 15 is 8.78 Å². The van der Waals surface area contributed by atoms with E-state index in [-0.39, 0.29) is 38.2 Å². The van der Waals surface area contributed by atoms with E-state index in [0.717, 1.165) is 0 Å². The molecule has 0 aromatic heterocycles. The van der Waals surface area contributed by atoms with Crippen molar-refractivity contribution in [1.29, 1.82) is 0 Å². The Morgan fingerprint density at radius 2 is 1.76 bits per heavy atom. The average Bonchev–Trinajstić information content (AvgIpc) is 2.91. The Morgan fingerprint density at radius 1 is 1.02 bits per heavy atom. The maximum atomic E-state index is 15.1. The first-order valence-corrected chi connectivity index (χ1v) is 13.4. The van der Waals surface area contributed by atoms with Crippen molar-refractivity contribution >= 4 is 34.9 Å². The second-order valence-corrected chi connectivity index (χ2v) is 10.5. The van der Waals surface area contributed by atoms with Crippen LogP contribution in [0.15, 0.2) is 30.3 Å². The number of halogens is 6. The van der Waals surface area contributed by atoms with Crippen LogP contribution in [0, 0.1) is 11.6 Å². The van der Waals surface area contributed by atoms with E-state index in [1.165, 1.54) is 24.3 Å². The lowest BCUT2D eigenvalue weighted by molar-refractivity contribution is -0.142. The molecular formula is C27H30ClF5N4O4. The molecule has 2 aliphatic heterocycles. The third-order valence-electron chi connectivity index (χ3n) is 7.06. The summed E-state index contributed by atoms with van der Waals surface area (Å²) in [6, 6.07) is 7.16. The number of aliphatic carboxylic acids is 1. The van der Waals surface area contributed by atoms with Crippen LogP contribution in [-0.4, -0.2) is 91.5 Å². The molecular weight excluding hydrogens is 575 g/mol. The van der Waals surface area contributed by atoms with Crippen LogP contribution in [0.25, 0.3) is 0 Å². The quantitative estimate of drug-likeness (QED) is 0.404. The van der Waals surface area contributed by atoms with Gasteiger partial charge in [0.05, 0.1) is 42.5 Å². The molecule has 1 unspecified atom stereocenters. The topological polar surface area (TPSA) is 85.3 Å². The van der Waals surface area contributed by atoms with Crippen LogP contribution in [-0.2, 0) is 16.1 Å². The van der Waals surface area contributed by atoms with Gasteiger partial charge in [-0.25, -0.2) is 8.78 Å². The largest absolute Gasteiger partial charge is 0.481 e. The zero-order chi connectivity index (χ0) is 29.7. The maximum absolute atomic E-state index is 15.1. The number of carbonyl (C=O) groups is 2. The number of alkyl halides is 3. The number of hydrogen-bond acceptors (Lipinski definition) is 6. The van der Waals surface area contributed by atoms with Crippen molar-refractivity contribution in [3.05, 3.63) is 58.1 Å². The second kappa shape index (κ2) is 13.3. The molecule has 14 heteroatoms. The van der Waals surface area contributed by atoms with Gasteiger partial charge in [0, 0.05) is 62.9 Å². The van der Waals surface area contributed by atoms with E-state index in [1.54, 1.807) is 15.9 Å². The molecule has 0 radical (unpaired) electrons. The number of carboxylic acid groups (broad SMARTS) is 1. The molecule has 1 amide bonds. The van der Waals surface area contributed by atoms with Gasteiger partial charge in [-0.1, -0.05) is 17.7 Å². The van der Waals surface area contributed by atoms with E-state index in [9.17, 15) is 22.8 Å². The molecule has 0 aliphatic carbocycles. The number of anilines is 2. The van der Waals surface area contributed by atoms with Crippen molar-refractivity contribution in [2.24, 2.45) is 0 Å². The third kappa shape index (κ3) is 8.51. The first kappa shape index (κ1) is 30.9. The number of piperazine rings is 1. The first-order valence-electron chi connectivity index (χ1n) is 13.1. The van der Waals surface area contributed by atoms with E-state index < -0.39 is 47.8 Å². The van der Waals surface area contributed by atoms with Gasteiger partial charge in [-0.15, -0.1) is 0 Å². The van der Waals surface area contributed by atoms with E-state index in [0.29, 0.717) is 49.1 Å². The van der Waals surface area contributed by atoms with Crippen molar-refractivity contribution in [2.75, 3.05) is 62.6 Å². The zero-order valence-electron chi connectivity index (χ0n) is 22.0. The van der Waals surface area contributed by atoms with Gasteiger partial charge in [-0.2, -0.15) is 13.2 Å². The van der Waals surface area contributed by atoms with E-state index in [4.69, 9.17) is 21.4 Å². The Morgan fingerprint density at radius 3 is 2.44 bits per heavy atom. The molecule has 2 aliphatic rings. The van der Waals surface area contributed by atoms with Crippen molar-refractivity contribution in [3.8, 4) is 0 Å². The van der Waals surface area contributed by atoms with Gasteiger partial charge in [0.2, 0.25) is 0 Å². The summed E-state index contributed by atoms with van der Waals surface area (Å²) in [7, 11) is 0. The smallest absolute Gasteiger partial charge is 0.390 e. The standard InChI is InChI=1S/C27H30ClF5N4O4/c28-18-2-4-21(22(13-18)37-9-7-35(8-10-37)6-5-27(31,32)33)34-26(40)20-3-1-17(24(29)25(20)30)15-36-11-12-41-19(16-36)14-23(38)39/h1-4,13,19H,5-12,14-16H2,(H,34,40)(H,38,39). The Bertz CT molecular complexity index is 1260. The summed E-state index contributed by atoms with van der Waals surface area (Å²) < 4.78 is 73.2. The number of morpholine rings is 1. The molecule has 2 aromatic carbocycles. The van der Waals surface area contributed by atoms with Crippen LogP contribution < -0.4 is 10.2 Å². The zero-order valence-corrected chi connectivity index (χ0v) is 22.8. The first-order chi connectivity index (χ1) is 19.4. The lowest BCUT2D eigenvalue weighted by Gasteiger charge is -2.37. The van der Waals surface area contributed by atoms with Crippen LogP contribution in [0.4, 0.5) is 33.3 Å². The molecule has 1 atom stereocenters. The van der Waals surface area contributed by atoms with Crippen molar-refractivity contribution < 1.29 is 41.4 Å². The molecule has 8 nitrogen and oxygen atoms in total. The second-order valence-electron chi connectivity index (χ2n) is 10.0. The highest BCUT2D eigenvalue weighted by molar-refractivity contribution is 6.31. The summed E-state index contributed by atoms with van der Waals surface area (Å²) in [6.07, 6.45) is -5.89. The molecule has 4 rings (SSSR count). The molecule has 2 saturated heterocycles. The van der Waals surface area contributed by atoms with Crippen molar-refractivity contribution in [2.45, 2.75) is 31.7 Å². The molecule has 2 fully saturated rings. The fourth-order valence-corrected chi connectivity index (χ4v) is 5.10. The van der Waals surface area contributed by atoms with Gasteiger partial charge in [-0.05, 0) is 24.3 Å². The number of amides is 1. The van der Waals surface area contributed by atoms with Gasteiger partial charge in [-0.3, -0.25) is 19.4 Å². The molecule has 2 N–H and O–H groups in total. The van der Waals surface area contributed by atoms with Crippen LogP contribution in [0.1, 0.15) is 28.8 Å². The number of hydrogen-bond donors (Lipinski definition) is 2. The summed E-state index contributed by atoms with van der Waals surface area (Å²) in [5.41, 5.74) is 0.326. The van der Waals surface area contributed by atoms with Gasteiger partial charge >= 0.3 is 12.1 Å². The van der Waals surface area contributed by atoms with Gasteiger partial charge < -0.3 is 20.1 Å². The molecule has 2 aromatic rings. The number of rotatable bonds is 9. The highest BCUT2D eigenvalue weighted by Crippen LogP contribution is 2.31. The lowest BCUT2D eigenvalue weighted by Crippen LogP contribution is -2.47. The fourth-order valence-electron chi connectivity index (χ4n) is 4.93. The monoisotopic (exact) mass is 604 g/mol. The minimum atomic E-state index is -4.23. The van der Waals surface area contributed by atoms with Crippen molar-refractivity contribution in [3.63, 3.8) is 0 Å². The normalized spacial score (nSPS) is 18.9. The SMILES string of the molecule is O=C(O)CC1CN(Cc2ccc(C(=O)Nc3ccc(Cl)cc3N3CCN(CCC(F)(F)F)CC3)c(F)c2F)CCO1. The molecule has 224 valence electrons. The molecule has 0 saturated carbocycles. The maximum Gasteiger partial charge on any atom is 0.390 e. The predicted molar refractivity (Wildman–Crippen MR) is 142 cm³/mol. The molecule has 0 spiro atoms. The highest BCUT2D eigenvalue weighted by Gasteiger charge is 2.30. The van der Waals surface area contributed by atoms with Crippen LogP contribution >= 0.6 is 11.6 Å². The summed E-state index contributed by atoms with van der Waals surface area (Å²) in [4.78, 5) is 29.3. The Kier molecular flexibility index (Phi) is 10.1. The lowest BCUT2D eigenvalue weighted by atomic mass is 10.1. The summed E-state index contributed by atoms with van der Waals surface area (Å²) >= 11 is 6.17. The summed E-state index contributed by atoms with van der Waals surface area (Å²) in [6.45, 7) is 2.33. The third-order valence-corrected chi connectivity index (χ3v) is 7.29. The van der Waals surface area contributed by atoms with Crippen LogP contribution in [0.3, 0.4) is 0 Å². The minimum Gasteiger partial charge on any atom is -0.481 e. The highest BCUT2D eigenvalue weighted by atomic mass is 35.5. The van der Waals surface area contributed by atoms with Crippen LogP contribution in [0.2, 0.25) is 5.02 Å². The molecule has 41 heavy (non-hydrogen) atoms. The van der Waals surface area contributed by atoms with E-state index in [1.807, 2.05) is 4.90 Å². The molecule has 0 bridgehead atoms. The number of benzene rings is 2. The van der Waals surface area contributed by atoms with Crippen molar-refractivity contribution in [1.82, 2.24) is 9.80 Å². The summed E-state index contributed by atoms with van der Waals surface area (Å²) in [5.74, 6) is -4.39. The van der Waals surface area contributed by atoms with Crippen LogP contribution in [0.5, 0.6) is 0 Å². The predicted octanol–water partition coefficient (Wildman–Crippen LogP) is 4.62.